The first kappa shape index (κ1) is 23.8. The van der Waals surface area contributed by atoms with E-state index >= 15 is 0 Å². The first-order valence-corrected chi connectivity index (χ1v) is 11.8. The molecule has 1 saturated heterocycles. The van der Waals surface area contributed by atoms with E-state index in [9.17, 15) is 18.0 Å². The molecular formula is C21H30N4O4S. The summed E-state index contributed by atoms with van der Waals surface area (Å²) in [7, 11) is -3.72. The van der Waals surface area contributed by atoms with Gasteiger partial charge in [-0.15, -0.1) is 0 Å². The summed E-state index contributed by atoms with van der Waals surface area (Å²) in [5, 5.41) is 11.5. The van der Waals surface area contributed by atoms with E-state index in [0.717, 1.165) is 25.7 Å². The van der Waals surface area contributed by atoms with Gasteiger partial charge in [0.25, 0.3) is 5.91 Å². The van der Waals surface area contributed by atoms with Crippen molar-refractivity contribution >= 4 is 21.8 Å². The molecule has 1 heterocycles. The third-order valence-corrected chi connectivity index (χ3v) is 6.76. The van der Waals surface area contributed by atoms with Crippen molar-refractivity contribution in [2.75, 3.05) is 19.6 Å². The van der Waals surface area contributed by atoms with E-state index in [-0.39, 0.29) is 41.6 Å². The maximum Gasteiger partial charge on any atom is 0.254 e. The van der Waals surface area contributed by atoms with Crippen molar-refractivity contribution in [1.29, 1.82) is 5.26 Å². The average Bonchev–Trinajstić information content (AvgIpc) is 2.74. The van der Waals surface area contributed by atoms with Gasteiger partial charge in [0.1, 0.15) is 0 Å². The molecular weight excluding hydrogens is 404 g/mol. The summed E-state index contributed by atoms with van der Waals surface area (Å²) in [6.07, 6.45) is 3.50. The number of hydrogen-bond donors (Lipinski definition) is 2. The summed E-state index contributed by atoms with van der Waals surface area (Å²) in [4.78, 5) is 27.1. The first-order chi connectivity index (χ1) is 14.3. The maximum absolute atomic E-state index is 13.0. The van der Waals surface area contributed by atoms with E-state index in [2.05, 4.69) is 17.0 Å². The number of hydrogen-bond acceptors (Lipinski definition) is 5. The number of nitrogens with one attached hydrogen (secondary N) is 2. The fourth-order valence-corrected chi connectivity index (χ4v) is 4.44. The van der Waals surface area contributed by atoms with Crippen molar-refractivity contribution in [3.63, 3.8) is 0 Å². The highest BCUT2D eigenvalue weighted by molar-refractivity contribution is 7.89. The molecule has 0 aromatic heterocycles. The summed E-state index contributed by atoms with van der Waals surface area (Å²) in [6.45, 7) is 5.06. The van der Waals surface area contributed by atoms with Crippen LogP contribution in [-0.2, 0) is 14.8 Å². The molecule has 30 heavy (non-hydrogen) atoms. The van der Waals surface area contributed by atoms with Crippen LogP contribution < -0.4 is 10.0 Å². The zero-order valence-corrected chi connectivity index (χ0v) is 18.4. The molecule has 0 spiro atoms. The van der Waals surface area contributed by atoms with Crippen LogP contribution in [0.15, 0.2) is 29.2 Å². The highest BCUT2D eigenvalue weighted by Crippen LogP contribution is 2.24. The largest absolute Gasteiger partial charge is 0.356 e. The van der Waals surface area contributed by atoms with Gasteiger partial charge in [-0.25, -0.2) is 13.1 Å². The van der Waals surface area contributed by atoms with Crippen molar-refractivity contribution < 1.29 is 18.0 Å². The van der Waals surface area contributed by atoms with Crippen LogP contribution in [0, 0.1) is 17.2 Å². The number of rotatable bonds is 9. The van der Waals surface area contributed by atoms with Gasteiger partial charge in [-0.3, -0.25) is 9.59 Å². The molecule has 2 N–H and O–H groups in total. The molecule has 164 valence electrons. The van der Waals surface area contributed by atoms with Gasteiger partial charge in [-0.05, 0) is 50.5 Å². The fourth-order valence-electron chi connectivity index (χ4n) is 3.40. The van der Waals surface area contributed by atoms with E-state index in [1.165, 1.54) is 24.3 Å². The minimum absolute atomic E-state index is 0.00764. The van der Waals surface area contributed by atoms with Crippen molar-refractivity contribution in [2.24, 2.45) is 5.92 Å². The third-order valence-electron chi connectivity index (χ3n) is 5.28. The van der Waals surface area contributed by atoms with Gasteiger partial charge in [0.2, 0.25) is 15.9 Å². The predicted octanol–water partition coefficient (Wildman–Crippen LogP) is 2.04. The second-order valence-corrected chi connectivity index (χ2v) is 9.32. The number of benzene rings is 1. The van der Waals surface area contributed by atoms with Crippen LogP contribution >= 0.6 is 0 Å². The summed E-state index contributed by atoms with van der Waals surface area (Å²) in [5.41, 5.74) is 0.380. The number of nitrogens with zero attached hydrogens (tertiary/aromatic N) is 2. The Morgan fingerprint density at radius 2 is 1.90 bits per heavy atom. The molecule has 2 rings (SSSR count). The van der Waals surface area contributed by atoms with Gasteiger partial charge in [0.15, 0.2) is 0 Å². The zero-order valence-electron chi connectivity index (χ0n) is 17.6. The number of nitriles is 1. The van der Waals surface area contributed by atoms with Crippen LogP contribution in [0.5, 0.6) is 0 Å². The first-order valence-electron chi connectivity index (χ1n) is 10.4. The third kappa shape index (κ3) is 6.28. The highest BCUT2D eigenvalue weighted by Gasteiger charge is 2.33. The van der Waals surface area contributed by atoms with Gasteiger partial charge in [0, 0.05) is 37.7 Å². The molecule has 9 heteroatoms. The number of sulfonamides is 1. The Bertz CT molecular complexity index is 877. The van der Waals surface area contributed by atoms with E-state index in [1.54, 1.807) is 4.90 Å². The Morgan fingerprint density at radius 3 is 2.53 bits per heavy atom. The minimum Gasteiger partial charge on any atom is -0.356 e. The SMILES string of the molecule is CCCCNC(=O)[C@H]1CC[C@@H](C)N(C(=O)c2ccc(S(=O)(=O)NCCC#N)cc2)C1. The average molecular weight is 435 g/mol. The van der Waals surface area contributed by atoms with Crippen molar-refractivity contribution in [3.05, 3.63) is 29.8 Å². The normalized spacial score (nSPS) is 19.2. The van der Waals surface area contributed by atoms with Crippen molar-refractivity contribution in [3.8, 4) is 6.07 Å². The van der Waals surface area contributed by atoms with Gasteiger partial charge < -0.3 is 10.2 Å². The smallest absolute Gasteiger partial charge is 0.254 e. The molecule has 0 saturated carbocycles. The lowest BCUT2D eigenvalue weighted by Gasteiger charge is -2.37. The van der Waals surface area contributed by atoms with Crippen LogP contribution in [0.3, 0.4) is 0 Å². The summed E-state index contributed by atoms with van der Waals surface area (Å²) < 4.78 is 26.8. The van der Waals surface area contributed by atoms with Gasteiger partial charge in [-0.2, -0.15) is 5.26 Å². The number of amides is 2. The lowest BCUT2D eigenvalue weighted by molar-refractivity contribution is -0.126. The molecule has 1 fully saturated rings. The molecule has 1 aromatic rings. The number of likely N-dealkylation sites (tertiary alicyclic amines) is 1. The predicted molar refractivity (Wildman–Crippen MR) is 113 cm³/mol. The molecule has 2 atom stereocenters. The Hall–Kier alpha value is -2.44. The number of carbonyl (C=O) groups is 2. The van der Waals surface area contributed by atoms with E-state index in [1.807, 2.05) is 13.0 Å². The Labute approximate surface area is 178 Å². The molecule has 8 nitrogen and oxygen atoms in total. The molecule has 0 bridgehead atoms. The fraction of sp³-hybridized carbons (Fsp3) is 0.571. The van der Waals surface area contributed by atoms with E-state index < -0.39 is 10.0 Å². The lowest BCUT2D eigenvalue weighted by Crippen LogP contribution is -2.49. The summed E-state index contributed by atoms with van der Waals surface area (Å²) in [6, 6.07) is 7.61. The van der Waals surface area contributed by atoms with Crippen LogP contribution in [0.4, 0.5) is 0 Å². The van der Waals surface area contributed by atoms with Gasteiger partial charge >= 0.3 is 0 Å². The standard InChI is InChI=1S/C21H30N4O4S/c1-3-4-13-23-20(26)18-7-6-16(2)25(15-18)21(27)17-8-10-19(11-9-17)30(28,29)24-14-5-12-22/h8-11,16,18,24H,3-7,13-15H2,1-2H3,(H,23,26)/t16-,18+/m1/s1. The monoisotopic (exact) mass is 434 g/mol. The van der Waals surface area contributed by atoms with Crippen LogP contribution in [0.25, 0.3) is 0 Å². The minimum atomic E-state index is -3.72. The van der Waals surface area contributed by atoms with Crippen molar-refractivity contribution in [2.45, 2.75) is 56.9 Å². The second kappa shape index (κ2) is 11.1. The quantitative estimate of drug-likeness (QED) is 0.577. The van der Waals surface area contributed by atoms with Crippen LogP contribution in [-0.4, -0.2) is 50.8 Å². The summed E-state index contributed by atoms with van der Waals surface area (Å²) in [5.74, 6) is -0.459. The zero-order chi connectivity index (χ0) is 22.1. The number of carbonyl (C=O) groups excluding carboxylic acids is 2. The van der Waals surface area contributed by atoms with Crippen molar-refractivity contribution in [1.82, 2.24) is 14.9 Å². The molecule has 0 aliphatic carbocycles. The lowest BCUT2D eigenvalue weighted by atomic mass is 9.92. The molecule has 0 unspecified atom stereocenters. The van der Waals surface area contributed by atoms with Gasteiger partial charge in [-0.1, -0.05) is 13.3 Å². The van der Waals surface area contributed by atoms with Gasteiger partial charge in [0.05, 0.1) is 16.9 Å². The Balaban J connectivity index is 2.05. The molecule has 1 aromatic carbocycles. The van der Waals surface area contributed by atoms with E-state index in [4.69, 9.17) is 5.26 Å². The molecule has 2 amide bonds. The topological polar surface area (TPSA) is 119 Å². The number of unbranched alkanes of at least 4 members (excludes halogenated alkanes) is 1. The highest BCUT2D eigenvalue weighted by atomic mass is 32.2. The summed E-state index contributed by atoms with van der Waals surface area (Å²) >= 11 is 0. The molecule has 1 aliphatic heterocycles. The van der Waals surface area contributed by atoms with Crippen LogP contribution in [0.2, 0.25) is 0 Å². The molecule has 0 radical (unpaired) electrons. The molecule has 1 aliphatic rings. The van der Waals surface area contributed by atoms with Crippen LogP contribution in [0.1, 0.15) is 56.3 Å². The Kier molecular flexibility index (Phi) is 8.81. The maximum atomic E-state index is 13.0. The van der Waals surface area contributed by atoms with E-state index in [0.29, 0.717) is 18.7 Å². The number of piperidine rings is 1. The second-order valence-electron chi connectivity index (χ2n) is 7.56. The Morgan fingerprint density at radius 1 is 1.20 bits per heavy atom.